The molecule has 0 saturated carbocycles. The summed E-state index contributed by atoms with van der Waals surface area (Å²) in [4.78, 5) is 19.0. The molecule has 1 aliphatic heterocycles. The van der Waals surface area contributed by atoms with E-state index in [1.54, 1.807) is 12.5 Å². The third kappa shape index (κ3) is 2.59. The molecule has 2 heterocycles. The van der Waals surface area contributed by atoms with E-state index in [-0.39, 0.29) is 11.8 Å². The summed E-state index contributed by atoms with van der Waals surface area (Å²) in [7, 11) is 0. The molecular formula is C14H16N4O. The van der Waals surface area contributed by atoms with Gasteiger partial charge < -0.3 is 15.6 Å². The van der Waals surface area contributed by atoms with E-state index in [4.69, 9.17) is 0 Å². The number of hydrogen-bond acceptors (Lipinski definition) is 3. The average molecular weight is 256 g/mol. The van der Waals surface area contributed by atoms with Crippen molar-refractivity contribution >= 4 is 11.6 Å². The van der Waals surface area contributed by atoms with Gasteiger partial charge in [0.2, 0.25) is 5.91 Å². The van der Waals surface area contributed by atoms with Gasteiger partial charge in [0.1, 0.15) is 0 Å². The Bertz CT molecular complexity index is 565. The molecule has 1 atom stereocenters. The van der Waals surface area contributed by atoms with Crippen LogP contribution >= 0.6 is 0 Å². The number of fused-ring (bicyclic) bond motifs is 1. The number of para-hydroxylation sites is 1. The van der Waals surface area contributed by atoms with Crippen molar-refractivity contribution < 1.29 is 4.79 Å². The number of hydrogen-bond donors (Lipinski definition) is 3. The summed E-state index contributed by atoms with van der Waals surface area (Å²) in [5.41, 5.74) is 3.26. The van der Waals surface area contributed by atoms with Crippen LogP contribution in [0.1, 0.15) is 11.3 Å². The first-order valence-electron chi connectivity index (χ1n) is 6.39. The van der Waals surface area contributed by atoms with Gasteiger partial charge in [-0.2, -0.15) is 0 Å². The molecule has 1 aromatic heterocycles. The van der Waals surface area contributed by atoms with Crippen molar-refractivity contribution in [1.82, 2.24) is 15.3 Å². The fraction of sp³-hybridized carbons (Fsp3) is 0.286. The summed E-state index contributed by atoms with van der Waals surface area (Å²) in [5, 5.41) is 6.24. The number of benzene rings is 1. The highest BCUT2D eigenvalue weighted by atomic mass is 16.1. The molecule has 5 nitrogen and oxygen atoms in total. The molecule has 0 radical (unpaired) electrons. The van der Waals surface area contributed by atoms with Crippen LogP contribution in [0.2, 0.25) is 0 Å². The van der Waals surface area contributed by atoms with Gasteiger partial charge in [-0.3, -0.25) is 4.79 Å². The van der Waals surface area contributed by atoms with Crippen LogP contribution in [0.3, 0.4) is 0 Å². The van der Waals surface area contributed by atoms with Crippen LogP contribution in [-0.2, 0) is 17.8 Å². The normalized spacial score (nSPS) is 17.4. The van der Waals surface area contributed by atoms with Crippen LogP contribution < -0.4 is 10.6 Å². The van der Waals surface area contributed by atoms with E-state index in [1.807, 2.05) is 18.2 Å². The lowest BCUT2D eigenvalue weighted by atomic mass is 9.93. The third-order valence-electron chi connectivity index (χ3n) is 3.40. The Hall–Kier alpha value is -2.30. The maximum Gasteiger partial charge on any atom is 0.225 e. The topological polar surface area (TPSA) is 69.8 Å². The molecule has 1 aliphatic rings. The maximum atomic E-state index is 12.1. The number of nitrogens with zero attached hydrogens (tertiary/aromatic N) is 1. The molecule has 0 fully saturated rings. The van der Waals surface area contributed by atoms with Crippen molar-refractivity contribution in [2.45, 2.75) is 13.0 Å². The Kier molecular flexibility index (Phi) is 3.18. The van der Waals surface area contributed by atoms with E-state index in [1.165, 1.54) is 5.56 Å². The van der Waals surface area contributed by atoms with E-state index < -0.39 is 0 Å². The quantitative estimate of drug-likeness (QED) is 0.775. The number of carbonyl (C=O) groups excluding carboxylic acids is 1. The molecule has 0 bridgehead atoms. The molecule has 3 N–H and O–H groups in total. The second-order valence-corrected chi connectivity index (χ2v) is 4.73. The van der Waals surface area contributed by atoms with Gasteiger partial charge in [-0.25, -0.2) is 4.98 Å². The van der Waals surface area contributed by atoms with Crippen molar-refractivity contribution in [2.75, 3.05) is 11.9 Å². The Morgan fingerprint density at radius 3 is 3.16 bits per heavy atom. The molecule has 0 spiro atoms. The first-order valence-corrected chi connectivity index (χ1v) is 6.39. The van der Waals surface area contributed by atoms with E-state index in [9.17, 15) is 4.79 Å². The Labute approximate surface area is 111 Å². The number of nitrogens with one attached hydrogen (secondary N) is 3. The minimum Gasteiger partial charge on any atom is -0.384 e. The monoisotopic (exact) mass is 256 g/mol. The van der Waals surface area contributed by atoms with Crippen molar-refractivity contribution in [3.63, 3.8) is 0 Å². The highest BCUT2D eigenvalue weighted by Crippen LogP contribution is 2.24. The van der Waals surface area contributed by atoms with Gasteiger partial charge in [-0.1, -0.05) is 18.2 Å². The van der Waals surface area contributed by atoms with Crippen molar-refractivity contribution in [3.8, 4) is 0 Å². The van der Waals surface area contributed by atoms with Crippen LogP contribution in [-0.4, -0.2) is 22.4 Å². The van der Waals surface area contributed by atoms with Crippen LogP contribution in [0, 0.1) is 5.92 Å². The molecule has 0 aliphatic carbocycles. The molecule has 0 saturated heterocycles. The molecular weight excluding hydrogens is 240 g/mol. The zero-order valence-corrected chi connectivity index (χ0v) is 10.5. The Balaban J connectivity index is 1.60. The number of imidazole rings is 1. The fourth-order valence-electron chi connectivity index (χ4n) is 2.33. The predicted molar refractivity (Wildman–Crippen MR) is 72.6 cm³/mol. The lowest BCUT2D eigenvalue weighted by Gasteiger charge is -2.25. The number of aromatic nitrogens is 2. The zero-order chi connectivity index (χ0) is 13.1. The van der Waals surface area contributed by atoms with E-state index in [2.05, 4.69) is 26.7 Å². The molecule has 3 rings (SSSR count). The van der Waals surface area contributed by atoms with Crippen LogP contribution in [0.4, 0.5) is 5.69 Å². The van der Waals surface area contributed by atoms with Crippen molar-refractivity contribution in [1.29, 1.82) is 0 Å². The van der Waals surface area contributed by atoms with Gasteiger partial charge in [0.25, 0.3) is 0 Å². The van der Waals surface area contributed by atoms with Gasteiger partial charge in [0.15, 0.2) is 0 Å². The molecule has 2 aromatic rings. The summed E-state index contributed by atoms with van der Waals surface area (Å²) < 4.78 is 0. The van der Waals surface area contributed by atoms with Crippen LogP contribution in [0.5, 0.6) is 0 Å². The van der Waals surface area contributed by atoms with E-state index in [0.717, 1.165) is 17.8 Å². The number of carbonyl (C=O) groups is 1. The summed E-state index contributed by atoms with van der Waals surface area (Å²) in [6.07, 6.45) is 4.12. The first-order chi connectivity index (χ1) is 9.33. The van der Waals surface area contributed by atoms with E-state index >= 15 is 0 Å². The number of anilines is 1. The molecule has 98 valence electrons. The molecule has 1 amide bonds. The van der Waals surface area contributed by atoms with Gasteiger partial charge >= 0.3 is 0 Å². The van der Waals surface area contributed by atoms with Crippen molar-refractivity contribution in [2.24, 2.45) is 5.92 Å². The molecule has 1 unspecified atom stereocenters. The number of H-pyrrole nitrogens is 1. The third-order valence-corrected chi connectivity index (χ3v) is 3.40. The zero-order valence-electron chi connectivity index (χ0n) is 10.5. The second kappa shape index (κ2) is 5.14. The number of aromatic amines is 1. The number of amides is 1. The van der Waals surface area contributed by atoms with E-state index in [0.29, 0.717) is 13.1 Å². The standard InChI is InChI=1S/C14H16N4O/c19-14(17-8-12-7-15-9-18-12)11-5-10-3-1-2-4-13(10)16-6-11/h1-4,7,9,11,16H,5-6,8H2,(H,15,18)(H,17,19). The summed E-state index contributed by atoms with van der Waals surface area (Å²) in [6, 6.07) is 8.13. The predicted octanol–water partition coefficient (Wildman–Crippen LogP) is 1.31. The lowest BCUT2D eigenvalue weighted by Crippen LogP contribution is -2.37. The van der Waals surface area contributed by atoms with Gasteiger partial charge in [-0.15, -0.1) is 0 Å². The second-order valence-electron chi connectivity index (χ2n) is 4.73. The minimum absolute atomic E-state index is 0.0159. The summed E-state index contributed by atoms with van der Waals surface area (Å²) >= 11 is 0. The highest BCUT2D eigenvalue weighted by molar-refractivity contribution is 5.80. The summed E-state index contributed by atoms with van der Waals surface area (Å²) in [5.74, 6) is 0.0643. The first kappa shape index (κ1) is 11.8. The SMILES string of the molecule is O=C(NCc1cnc[nH]1)C1CNc2ccccc2C1. The average Bonchev–Trinajstić information content (AvgIpc) is 2.97. The van der Waals surface area contributed by atoms with Crippen LogP contribution in [0.15, 0.2) is 36.8 Å². The fourth-order valence-corrected chi connectivity index (χ4v) is 2.33. The summed E-state index contributed by atoms with van der Waals surface area (Å²) in [6.45, 7) is 1.18. The van der Waals surface area contributed by atoms with Gasteiger partial charge in [0, 0.05) is 18.4 Å². The van der Waals surface area contributed by atoms with Gasteiger partial charge in [0.05, 0.1) is 24.5 Å². The highest BCUT2D eigenvalue weighted by Gasteiger charge is 2.23. The maximum absolute atomic E-state index is 12.1. The smallest absolute Gasteiger partial charge is 0.225 e. The van der Waals surface area contributed by atoms with Crippen molar-refractivity contribution in [3.05, 3.63) is 48.0 Å². The molecule has 1 aromatic carbocycles. The van der Waals surface area contributed by atoms with Crippen LogP contribution in [0.25, 0.3) is 0 Å². The largest absolute Gasteiger partial charge is 0.384 e. The Morgan fingerprint density at radius 1 is 1.42 bits per heavy atom. The molecule has 19 heavy (non-hydrogen) atoms. The number of rotatable bonds is 3. The Morgan fingerprint density at radius 2 is 2.32 bits per heavy atom. The lowest BCUT2D eigenvalue weighted by molar-refractivity contribution is -0.124. The van der Waals surface area contributed by atoms with Gasteiger partial charge in [-0.05, 0) is 18.1 Å². The molecule has 5 heteroatoms. The minimum atomic E-state index is -0.0159.